The molecule has 5 nitrogen and oxygen atoms in total. The summed E-state index contributed by atoms with van der Waals surface area (Å²) in [6.07, 6.45) is 1.13. The Morgan fingerprint density at radius 2 is 2.29 bits per heavy atom. The van der Waals surface area contributed by atoms with Crippen LogP contribution in [0.4, 0.5) is 5.69 Å². The van der Waals surface area contributed by atoms with Crippen LogP contribution in [0.3, 0.4) is 0 Å². The number of nitrogens with one attached hydrogen (secondary N) is 1. The lowest BCUT2D eigenvalue weighted by atomic mass is 10.2. The number of ether oxygens (including phenoxy) is 1. The van der Waals surface area contributed by atoms with Crippen molar-refractivity contribution in [3.8, 4) is 5.75 Å². The van der Waals surface area contributed by atoms with Crippen LogP contribution in [0.1, 0.15) is 23.2 Å². The Morgan fingerprint density at radius 3 is 2.90 bits per heavy atom. The highest BCUT2D eigenvalue weighted by Gasteiger charge is 2.09. The van der Waals surface area contributed by atoms with E-state index in [9.17, 15) is 9.90 Å². The van der Waals surface area contributed by atoms with E-state index in [2.05, 4.69) is 10.3 Å². The molecule has 2 rings (SSSR count). The fourth-order valence-corrected chi connectivity index (χ4v) is 2.69. The first-order chi connectivity index (χ1) is 10.2. The van der Waals surface area contributed by atoms with Gasteiger partial charge in [-0.05, 0) is 24.6 Å². The fraction of sp³-hybridized carbons (Fsp3) is 0.333. The number of anilines is 1. The van der Waals surface area contributed by atoms with E-state index in [1.54, 1.807) is 36.6 Å². The SMILES string of the molecule is CCc1nc(CC(=O)Nc2ccc(OC)c(CO)c2)cs1. The van der Waals surface area contributed by atoms with Gasteiger partial charge in [-0.2, -0.15) is 0 Å². The standard InChI is InChI=1S/C15H18N2O3S/c1-3-15-17-12(9-21-15)7-14(19)16-11-4-5-13(20-2)10(6-11)8-18/h4-6,9,18H,3,7-8H2,1-2H3,(H,16,19). The fourth-order valence-electron chi connectivity index (χ4n) is 1.94. The van der Waals surface area contributed by atoms with Gasteiger partial charge in [-0.25, -0.2) is 4.98 Å². The molecule has 0 fully saturated rings. The molecule has 2 aromatic rings. The molecular weight excluding hydrogens is 288 g/mol. The zero-order valence-corrected chi connectivity index (χ0v) is 12.9. The molecule has 21 heavy (non-hydrogen) atoms. The van der Waals surface area contributed by atoms with Crippen molar-refractivity contribution in [1.29, 1.82) is 0 Å². The molecule has 0 atom stereocenters. The van der Waals surface area contributed by atoms with Gasteiger partial charge in [0.2, 0.25) is 5.91 Å². The number of amides is 1. The second-order valence-corrected chi connectivity index (χ2v) is 5.44. The van der Waals surface area contributed by atoms with Crippen LogP contribution < -0.4 is 10.1 Å². The molecule has 1 amide bonds. The summed E-state index contributed by atoms with van der Waals surface area (Å²) in [7, 11) is 1.54. The Bertz CT molecular complexity index is 625. The van der Waals surface area contributed by atoms with Crippen LogP contribution >= 0.6 is 11.3 Å². The summed E-state index contributed by atoms with van der Waals surface area (Å²) in [4.78, 5) is 16.4. The van der Waals surface area contributed by atoms with Gasteiger partial charge in [0, 0.05) is 16.6 Å². The molecule has 1 aromatic carbocycles. The topological polar surface area (TPSA) is 71.5 Å². The molecule has 6 heteroatoms. The molecule has 0 bridgehead atoms. The van der Waals surface area contributed by atoms with Crippen LogP contribution in [0.15, 0.2) is 23.6 Å². The van der Waals surface area contributed by atoms with Gasteiger partial charge in [0.1, 0.15) is 5.75 Å². The molecule has 112 valence electrons. The number of thiazole rings is 1. The van der Waals surface area contributed by atoms with Gasteiger partial charge in [0.05, 0.1) is 30.8 Å². The molecule has 2 N–H and O–H groups in total. The van der Waals surface area contributed by atoms with E-state index in [1.807, 2.05) is 12.3 Å². The van der Waals surface area contributed by atoms with Crippen molar-refractivity contribution in [1.82, 2.24) is 4.98 Å². The van der Waals surface area contributed by atoms with Gasteiger partial charge >= 0.3 is 0 Å². The first-order valence-electron chi connectivity index (χ1n) is 6.67. The van der Waals surface area contributed by atoms with E-state index in [4.69, 9.17) is 4.74 Å². The van der Waals surface area contributed by atoms with Crippen molar-refractivity contribution in [3.05, 3.63) is 39.8 Å². The maximum Gasteiger partial charge on any atom is 0.230 e. The number of methoxy groups -OCH3 is 1. The number of hydrogen-bond donors (Lipinski definition) is 2. The number of rotatable bonds is 6. The second kappa shape index (κ2) is 7.19. The Hall–Kier alpha value is -1.92. The summed E-state index contributed by atoms with van der Waals surface area (Å²) in [6, 6.07) is 5.17. The number of aliphatic hydroxyl groups excluding tert-OH is 1. The molecule has 0 aliphatic carbocycles. The van der Waals surface area contributed by atoms with E-state index in [0.717, 1.165) is 17.1 Å². The van der Waals surface area contributed by atoms with Gasteiger partial charge in [-0.1, -0.05) is 6.92 Å². The average molecular weight is 306 g/mol. The summed E-state index contributed by atoms with van der Waals surface area (Å²) >= 11 is 1.57. The lowest BCUT2D eigenvalue weighted by molar-refractivity contribution is -0.115. The Balaban J connectivity index is 2.02. The third-order valence-electron chi connectivity index (χ3n) is 2.98. The van der Waals surface area contributed by atoms with Gasteiger partial charge < -0.3 is 15.2 Å². The Kier molecular flexibility index (Phi) is 5.30. The molecule has 0 radical (unpaired) electrons. The summed E-state index contributed by atoms with van der Waals surface area (Å²) < 4.78 is 5.13. The highest BCUT2D eigenvalue weighted by atomic mass is 32.1. The maximum atomic E-state index is 12.0. The number of nitrogens with zero attached hydrogens (tertiary/aromatic N) is 1. The van der Waals surface area contributed by atoms with Crippen LogP contribution in [-0.2, 0) is 24.2 Å². The lowest BCUT2D eigenvalue weighted by Gasteiger charge is -2.09. The van der Waals surface area contributed by atoms with Crippen LogP contribution in [0.2, 0.25) is 0 Å². The molecule has 1 aromatic heterocycles. The first-order valence-corrected chi connectivity index (χ1v) is 7.55. The van der Waals surface area contributed by atoms with Crippen molar-refractivity contribution >= 4 is 22.9 Å². The average Bonchev–Trinajstić information content (AvgIpc) is 2.94. The van der Waals surface area contributed by atoms with E-state index in [1.165, 1.54) is 0 Å². The summed E-state index contributed by atoms with van der Waals surface area (Å²) in [5, 5.41) is 15.0. The molecule has 0 unspecified atom stereocenters. The number of aryl methyl sites for hydroxylation is 1. The van der Waals surface area contributed by atoms with E-state index in [-0.39, 0.29) is 18.9 Å². The molecule has 0 spiro atoms. The van der Waals surface area contributed by atoms with Gasteiger partial charge in [0.15, 0.2) is 0 Å². The molecule has 0 aliphatic heterocycles. The molecular formula is C15H18N2O3S. The monoisotopic (exact) mass is 306 g/mol. The van der Waals surface area contributed by atoms with Crippen LogP contribution in [0.25, 0.3) is 0 Å². The van der Waals surface area contributed by atoms with Crippen LogP contribution in [0, 0.1) is 0 Å². The Labute approximate surface area is 127 Å². The highest BCUT2D eigenvalue weighted by Crippen LogP contribution is 2.22. The van der Waals surface area contributed by atoms with Gasteiger partial charge in [0.25, 0.3) is 0 Å². The number of aromatic nitrogens is 1. The number of benzene rings is 1. The predicted octanol–water partition coefficient (Wildman–Crippen LogP) is 2.39. The first kappa shape index (κ1) is 15.5. The van der Waals surface area contributed by atoms with Crippen molar-refractivity contribution in [2.75, 3.05) is 12.4 Å². The third kappa shape index (κ3) is 4.03. The van der Waals surface area contributed by atoms with Crippen molar-refractivity contribution in [2.24, 2.45) is 0 Å². The highest BCUT2D eigenvalue weighted by molar-refractivity contribution is 7.09. The van der Waals surface area contributed by atoms with Crippen LogP contribution in [-0.4, -0.2) is 23.1 Å². The predicted molar refractivity (Wildman–Crippen MR) is 82.7 cm³/mol. The zero-order valence-electron chi connectivity index (χ0n) is 12.0. The number of hydrogen-bond acceptors (Lipinski definition) is 5. The number of carbonyl (C=O) groups is 1. The van der Waals surface area contributed by atoms with Crippen LogP contribution in [0.5, 0.6) is 5.75 Å². The molecule has 1 heterocycles. The largest absolute Gasteiger partial charge is 0.496 e. The van der Waals surface area contributed by atoms with Gasteiger partial charge in [-0.3, -0.25) is 4.79 Å². The van der Waals surface area contributed by atoms with Crippen molar-refractivity contribution < 1.29 is 14.6 Å². The number of aliphatic hydroxyl groups is 1. The molecule has 0 saturated carbocycles. The minimum Gasteiger partial charge on any atom is -0.496 e. The lowest BCUT2D eigenvalue weighted by Crippen LogP contribution is -2.14. The van der Waals surface area contributed by atoms with Gasteiger partial charge in [-0.15, -0.1) is 11.3 Å². The summed E-state index contributed by atoms with van der Waals surface area (Å²) in [5.74, 6) is 0.472. The van der Waals surface area contributed by atoms with Crippen molar-refractivity contribution in [2.45, 2.75) is 26.4 Å². The second-order valence-electron chi connectivity index (χ2n) is 4.50. The normalized spacial score (nSPS) is 10.4. The molecule has 0 saturated heterocycles. The molecule has 0 aliphatic rings. The van der Waals surface area contributed by atoms with Crippen molar-refractivity contribution in [3.63, 3.8) is 0 Å². The number of carbonyl (C=O) groups excluding carboxylic acids is 1. The third-order valence-corrected chi connectivity index (χ3v) is 4.02. The van der Waals surface area contributed by atoms with E-state index < -0.39 is 0 Å². The quantitative estimate of drug-likeness (QED) is 0.859. The summed E-state index contributed by atoms with van der Waals surface area (Å²) in [5.41, 5.74) is 2.05. The van der Waals surface area contributed by atoms with E-state index in [0.29, 0.717) is 17.0 Å². The van der Waals surface area contributed by atoms with E-state index >= 15 is 0 Å². The maximum absolute atomic E-state index is 12.0. The minimum absolute atomic E-state index is 0.128. The smallest absolute Gasteiger partial charge is 0.230 e. The zero-order chi connectivity index (χ0) is 15.2. The minimum atomic E-state index is -0.140. The summed E-state index contributed by atoms with van der Waals surface area (Å²) in [6.45, 7) is 1.90. The Morgan fingerprint density at radius 1 is 1.48 bits per heavy atom.